The monoisotopic (exact) mass is 444 g/mol. The van der Waals surface area contributed by atoms with Gasteiger partial charge in [-0.1, -0.05) is 17.3 Å². The SMILES string of the molecule is Cc1noc(CN2C[C@H]3C[C@@H](C2)[C@H](Cc2cccc(F)c2)N2C(=O)CCC[C@@H]32)n1.O=CO. The third-order valence-electron chi connectivity index (χ3n) is 6.83. The zero-order valence-corrected chi connectivity index (χ0v) is 18.2. The number of carbonyl (C=O) groups is 2. The molecule has 2 bridgehead atoms. The van der Waals surface area contributed by atoms with Gasteiger partial charge in [-0.15, -0.1) is 0 Å². The fourth-order valence-corrected chi connectivity index (χ4v) is 5.76. The second kappa shape index (κ2) is 9.77. The molecule has 4 atom stereocenters. The number of benzene rings is 1. The van der Waals surface area contributed by atoms with E-state index in [0.717, 1.165) is 37.9 Å². The van der Waals surface area contributed by atoms with Crippen LogP contribution in [0.5, 0.6) is 0 Å². The van der Waals surface area contributed by atoms with Gasteiger partial charge in [0.2, 0.25) is 11.8 Å². The van der Waals surface area contributed by atoms with Crippen LogP contribution in [-0.4, -0.2) is 62.6 Å². The van der Waals surface area contributed by atoms with Gasteiger partial charge in [0.05, 0.1) is 6.54 Å². The van der Waals surface area contributed by atoms with Crippen molar-refractivity contribution in [2.45, 2.75) is 57.7 Å². The normalized spacial score (nSPS) is 27.3. The molecule has 9 heteroatoms. The molecular formula is C23H29FN4O4. The summed E-state index contributed by atoms with van der Waals surface area (Å²) in [5.41, 5.74) is 0.968. The highest BCUT2D eigenvalue weighted by Gasteiger charge is 2.49. The number of nitrogens with zero attached hydrogens (tertiary/aromatic N) is 4. The Hall–Kier alpha value is -2.81. The molecule has 1 aromatic carbocycles. The van der Waals surface area contributed by atoms with Crippen LogP contribution in [0.3, 0.4) is 0 Å². The molecule has 0 unspecified atom stereocenters. The largest absolute Gasteiger partial charge is 0.483 e. The van der Waals surface area contributed by atoms with E-state index in [1.165, 1.54) is 6.07 Å². The summed E-state index contributed by atoms with van der Waals surface area (Å²) in [6, 6.07) is 7.23. The maximum atomic E-state index is 13.8. The Balaban J connectivity index is 0.000000775. The number of amides is 1. The molecule has 0 aliphatic carbocycles. The molecule has 1 amide bonds. The van der Waals surface area contributed by atoms with Gasteiger partial charge < -0.3 is 14.5 Å². The minimum atomic E-state index is -0.250. The third kappa shape index (κ3) is 4.82. The number of aryl methyl sites for hydroxylation is 1. The predicted octanol–water partition coefficient (Wildman–Crippen LogP) is 2.66. The van der Waals surface area contributed by atoms with Gasteiger partial charge in [0.1, 0.15) is 5.82 Å². The average Bonchev–Trinajstić information content (AvgIpc) is 3.16. The van der Waals surface area contributed by atoms with Crippen molar-refractivity contribution < 1.29 is 23.6 Å². The van der Waals surface area contributed by atoms with Crippen LogP contribution in [-0.2, 0) is 22.6 Å². The van der Waals surface area contributed by atoms with Crippen molar-refractivity contribution in [1.29, 1.82) is 0 Å². The quantitative estimate of drug-likeness (QED) is 0.724. The van der Waals surface area contributed by atoms with E-state index >= 15 is 0 Å². The highest BCUT2D eigenvalue weighted by atomic mass is 19.1. The molecular weight excluding hydrogens is 415 g/mol. The van der Waals surface area contributed by atoms with Crippen molar-refractivity contribution in [3.63, 3.8) is 0 Å². The zero-order valence-electron chi connectivity index (χ0n) is 18.2. The fraction of sp³-hybridized carbons (Fsp3) is 0.565. The molecule has 3 aliphatic rings. The lowest BCUT2D eigenvalue weighted by Gasteiger charge is -2.56. The number of carbonyl (C=O) groups excluding carboxylic acids is 1. The molecule has 8 nitrogen and oxygen atoms in total. The molecule has 0 spiro atoms. The molecule has 5 rings (SSSR count). The molecule has 1 aromatic heterocycles. The van der Waals surface area contributed by atoms with E-state index < -0.39 is 0 Å². The van der Waals surface area contributed by atoms with Gasteiger partial charge in [-0.05, 0) is 62.1 Å². The molecule has 1 N–H and O–H groups in total. The number of hydrogen-bond donors (Lipinski definition) is 1. The fourth-order valence-electron chi connectivity index (χ4n) is 5.76. The number of fused-ring (bicyclic) bond motifs is 4. The van der Waals surface area contributed by atoms with Gasteiger partial charge in [-0.2, -0.15) is 4.98 Å². The van der Waals surface area contributed by atoms with E-state index in [9.17, 15) is 9.18 Å². The zero-order chi connectivity index (χ0) is 22.7. The Morgan fingerprint density at radius 3 is 2.81 bits per heavy atom. The molecule has 32 heavy (non-hydrogen) atoms. The van der Waals surface area contributed by atoms with Gasteiger partial charge in [-0.3, -0.25) is 14.5 Å². The Morgan fingerprint density at radius 1 is 1.31 bits per heavy atom. The van der Waals surface area contributed by atoms with Crippen LogP contribution >= 0.6 is 0 Å². The van der Waals surface area contributed by atoms with E-state index in [1.54, 1.807) is 12.1 Å². The first-order valence-corrected chi connectivity index (χ1v) is 11.1. The standard InChI is InChI=1S/C22H27FN4O2.CH2O2/c1-14-24-21(29-25-14)13-26-11-16-10-17(12-26)20(9-15-4-2-5-18(23)8-15)27-19(16)6-3-7-22(27)28;2-1-3/h2,4-5,8,16-17,19-20H,3,6-7,9-13H2,1H3;1H,(H,2,3)/t16-,17+,19+,20+;/m1./s1. The highest BCUT2D eigenvalue weighted by Crippen LogP contribution is 2.42. The summed E-state index contributed by atoms with van der Waals surface area (Å²) < 4.78 is 19.1. The molecule has 0 saturated carbocycles. The number of halogens is 1. The van der Waals surface area contributed by atoms with Crippen LogP contribution in [0.25, 0.3) is 0 Å². The summed E-state index contributed by atoms with van der Waals surface area (Å²) in [6.45, 7) is 4.09. The van der Waals surface area contributed by atoms with Crippen molar-refractivity contribution in [3.05, 3.63) is 47.4 Å². The summed E-state index contributed by atoms with van der Waals surface area (Å²) >= 11 is 0. The first kappa shape index (κ1) is 22.4. The second-order valence-corrected chi connectivity index (χ2v) is 8.95. The lowest BCUT2D eigenvalue weighted by molar-refractivity contribution is -0.153. The molecule has 3 aliphatic heterocycles. The maximum Gasteiger partial charge on any atom is 0.290 e. The van der Waals surface area contributed by atoms with E-state index in [0.29, 0.717) is 49.0 Å². The van der Waals surface area contributed by atoms with Crippen LogP contribution in [0.15, 0.2) is 28.8 Å². The van der Waals surface area contributed by atoms with E-state index in [1.807, 2.05) is 13.0 Å². The Kier molecular flexibility index (Phi) is 6.83. The van der Waals surface area contributed by atoms with Crippen LogP contribution in [0.1, 0.15) is 43.0 Å². The van der Waals surface area contributed by atoms with E-state index in [2.05, 4.69) is 19.9 Å². The van der Waals surface area contributed by atoms with E-state index in [-0.39, 0.29) is 24.2 Å². The highest BCUT2D eigenvalue weighted by molar-refractivity contribution is 5.78. The predicted molar refractivity (Wildman–Crippen MR) is 113 cm³/mol. The first-order chi connectivity index (χ1) is 15.5. The van der Waals surface area contributed by atoms with Gasteiger partial charge in [0, 0.05) is 31.6 Å². The molecule has 3 saturated heterocycles. The van der Waals surface area contributed by atoms with Crippen molar-refractivity contribution in [1.82, 2.24) is 19.9 Å². The lowest BCUT2D eigenvalue weighted by Crippen LogP contribution is -2.65. The summed E-state index contributed by atoms with van der Waals surface area (Å²) in [4.78, 5) is 30.2. The Bertz CT molecular complexity index is 952. The number of carboxylic acid groups (broad SMARTS) is 1. The van der Waals surface area contributed by atoms with E-state index in [4.69, 9.17) is 14.4 Å². The minimum absolute atomic E-state index is 0.123. The smallest absolute Gasteiger partial charge is 0.290 e. The topological polar surface area (TPSA) is 99.8 Å². The number of piperidine rings is 3. The minimum Gasteiger partial charge on any atom is -0.483 e. The van der Waals surface area contributed by atoms with Crippen LogP contribution in [0, 0.1) is 24.6 Å². The van der Waals surface area contributed by atoms with Crippen LogP contribution in [0.4, 0.5) is 4.39 Å². The lowest BCUT2D eigenvalue weighted by atomic mass is 9.71. The third-order valence-corrected chi connectivity index (χ3v) is 6.83. The maximum absolute atomic E-state index is 13.8. The van der Waals surface area contributed by atoms with Crippen LogP contribution in [0.2, 0.25) is 0 Å². The number of aromatic nitrogens is 2. The van der Waals surface area contributed by atoms with Crippen molar-refractivity contribution >= 4 is 12.4 Å². The Labute approximate surface area is 186 Å². The van der Waals surface area contributed by atoms with Gasteiger partial charge >= 0.3 is 0 Å². The molecule has 2 aromatic rings. The number of hydrogen-bond acceptors (Lipinski definition) is 6. The second-order valence-electron chi connectivity index (χ2n) is 8.95. The van der Waals surface area contributed by atoms with Crippen molar-refractivity contribution in [3.8, 4) is 0 Å². The van der Waals surface area contributed by atoms with Gasteiger partial charge in [0.15, 0.2) is 5.82 Å². The summed E-state index contributed by atoms with van der Waals surface area (Å²) in [6.07, 6.45) is 4.52. The van der Waals surface area contributed by atoms with Crippen molar-refractivity contribution in [2.75, 3.05) is 13.1 Å². The molecule has 4 heterocycles. The summed E-state index contributed by atoms with van der Waals surface area (Å²) in [5.74, 6) is 2.23. The molecule has 0 radical (unpaired) electrons. The first-order valence-electron chi connectivity index (χ1n) is 11.1. The van der Waals surface area contributed by atoms with Crippen LogP contribution < -0.4 is 0 Å². The van der Waals surface area contributed by atoms with Gasteiger partial charge in [0.25, 0.3) is 6.47 Å². The summed E-state index contributed by atoms with van der Waals surface area (Å²) in [5, 5.41) is 10.8. The van der Waals surface area contributed by atoms with Gasteiger partial charge in [-0.25, -0.2) is 4.39 Å². The number of likely N-dealkylation sites (tertiary alicyclic amines) is 1. The number of rotatable bonds is 4. The average molecular weight is 445 g/mol. The molecule has 3 fully saturated rings. The Morgan fingerprint density at radius 2 is 2.09 bits per heavy atom. The van der Waals surface area contributed by atoms with Crippen molar-refractivity contribution in [2.24, 2.45) is 11.8 Å². The summed E-state index contributed by atoms with van der Waals surface area (Å²) in [7, 11) is 0. The molecule has 172 valence electrons.